The Morgan fingerprint density at radius 3 is 2.69 bits per heavy atom. The van der Waals surface area contributed by atoms with Gasteiger partial charge in [-0.1, -0.05) is 29.8 Å². The number of nitrogens with zero attached hydrogens (tertiary/aromatic N) is 4. The molecule has 2 aromatic rings. The fourth-order valence-electron chi connectivity index (χ4n) is 3.17. The first kappa shape index (κ1) is 18.6. The molecule has 1 fully saturated rings. The van der Waals surface area contributed by atoms with Crippen molar-refractivity contribution in [3.63, 3.8) is 0 Å². The summed E-state index contributed by atoms with van der Waals surface area (Å²) in [6, 6.07) is 7.90. The Hall–Kier alpha value is -2.19. The number of sulfonamides is 1. The van der Waals surface area contributed by atoms with E-state index in [1.165, 1.54) is 21.4 Å². The zero-order valence-corrected chi connectivity index (χ0v) is 15.9. The summed E-state index contributed by atoms with van der Waals surface area (Å²) in [5.41, 5.74) is 2.11. The maximum atomic E-state index is 12.7. The molecule has 0 aliphatic carbocycles. The van der Waals surface area contributed by atoms with E-state index in [-0.39, 0.29) is 10.8 Å². The maximum Gasteiger partial charge on any atom is 0.246 e. The lowest BCUT2D eigenvalue weighted by molar-refractivity contribution is -0.130. The summed E-state index contributed by atoms with van der Waals surface area (Å²) in [7, 11) is -1.88. The topological polar surface area (TPSA) is 75.5 Å². The summed E-state index contributed by atoms with van der Waals surface area (Å²) in [6.07, 6.45) is 3.83. The fourth-order valence-corrected chi connectivity index (χ4v) is 4.63. The van der Waals surface area contributed by atoms with Crippen LogP contribution in [0.15, 0.2) is 41.6 Å². The third-order valence-corrected chi connectivity index (χ3v) is 6.42. The van der Waals surface area contributed by atoms with Gasteiger partial charge in [-0.05, 0) is 18.9 Å². The number of hydrogen-bond donors (Lipinski definition) is 0. The first-order valence-corrected chi connectivity index (χ1v) is 10.1. The molecule has 26 heavy (non-hydrogen) atoms. The predicted octanol–water partition coefficient (Wildman–Crippen LogP) is 1.19. The predicted molar refractivity (Wildman–Crippen MR) is 98.0 cm³/mol. The highest BCUT2D eigenvalue weighted by Crippen LogP contribution is 2.17. The lowest BCUT2D eigenvalue weighted by Crippen LogP contribution is -2.37. The number of benzene rings is 1. The molecule has 2 heterocycles. The van der Waals surface area contributed by atoms with Gasteiger partial charge in [0.1, 0.15) is 4.90 Å². The normalized spacial score (nSPS) is 16.5. The fraction of sp³-hybridized carbons (Fsp3) is 0.444. The van der Waals surface area contributed by atoms with E-state index < -0.39 is 10.0 Å². The van der Waals surface area contributed by atoms with Crippen molar-refractivity contribution >= 4 is 15.9 Å². The molecule has 0 atom stereocenters. The number of carbonyl (C=O) groups is 1. The second-order valence-electron chi connectivity index (χ2n) is 6.65. The van der Waals surface area contributed by atoms with Crippen molar-refractivity contribution in [2.24, 2.45) is 7.05 Å². The molecule has 1 amide bonds. The Kier molecular flexibility index (Phi) is 5.43. The van der Waals surface area contributed by atoms with E-state index in [0.717, 1.165) is 11.1 Å². The van der Waals surface area contributed by atoms with Gasteiger partial charge in [-0.2, -0.15) is 9.40 Å². The lowest BCUT2D eigenvalue weighted by atomic mass is 10.1. The van der Waals surface area contributed by atoms with E-state index in [1.54, 1.807) is 11.9 Å². The Morgan fingerprint density at radius 1 is 1.19 bits per heavy atom. The van der Waals surface area contributed by atoms with Crippen molar-refractivity contribution in [2.45, 2.75) is 24.7 Å². The largest absolute Gasteiger partial charge is 0.341 e. The molecule has 1 aliphatic heterocycles. The maximum absolute atomic E-state index is 12.7. The molecular formula is C18H24N4O3S. The third-order valence-electron chi connectivity index (χ3n) is 4.56. The number of aromatic nitrogens is 2. The van der Waals surface area contributed by atoms with E-state index in [4.69, 9.17) is 0 Å². The highest BCUT2D eigenvalue weighted by atomic mass is 32.2. The van der Waals surface area contributed by atoms with E-state index in [0.29, 0.717) is 39.0 Å². The van der Waals surface area contributed by atoms with Gasteiger partial charge >= 0.3 is 0 Å². The highest BCUT2D eigenvalue weighted by molar-refractivity contribution is 7.89. The van der Waals surface area contributed by atoms with E-state index in [9.17, 15) is 13.2 Å². The monoisotopic (exact) mass is 376 g/mol. The van der Waals surface area contributed by atoms with E-state index in [1.807, 2.05) is 31.2 Å². The number of rotatable bonds is 4. The van der Waals surface area contributed by atoms with Crippen molar-refractivity contribution in [3.05, 3.63) is 47.8 Å². The highest BCUT2D eigenvalue weighted by Gasteiger charge is 2.29. The molecule has 1 aliphatic rings. The summed E-state index contributed by atoms with van der Waals surface area (Å²) in [4.78, 5) is 14.6. The van der Waals surface area contributed by atoms with Gasteiger partial charge in [-0.25, -0.2) is 8.42 Å². The van der Waals surface area contributed by atoms with Crippen LogP contribution in [0.4, 0.5) is 0 Å². The molecule has 0 spiro atoms. The first-order chi connectivity index (χ1) is 12.4. The zero-order valence-electron chi connectivity index (χ0n) is 15.1. The Morgan fingerprint density at radius 2 is 2.00 bits per heavy atom. The van der Waals surface area contributed by atoms with Gasteiger partial charge in [0.25, 0.3) is 0 Å². The molecule has 1 aromatic carbocycles. The van der Waals surface area contributed by atoms with Crippen molar-refractivity contribution in [2.75, 3.05) is 26.2 Å². The van der Waals surface area contributed by atoms with Crippen molar-refractivity contribution in [3.8, 4) is 0 Å². The van der Waals surface area contributed by atoms with Crippen molar-refractivity contribution in [1.82, 2.24) is 19.0 Å². The molecule has 0 bridgehead atoms. The average Bonchev–Trinajstić information content (AvgIpc) is 2.88. The van der Waals surface area contributed by atoms with E-state index >= 15 is 0 Å². The van der Waals surface area contributed by atoms with Crippen LogP contribution in [0, 0.1) is 6.92 Å². The number of amides is 1. The van der Waals surface area contributed by atoms with Crippen LogP contribution in [0.2, 0.25) is 0 Å². The number of hydrogen-bond acceptors (Lipinski definition) is 4. The molecule has 140 valence electrons. The third kappa shape index (κ3) is 4.13. The van der Waals surface area contributed by atoms with Gasteiger partial charge in [0, 0.05) is 39.4 Å². The van der Waals surface area contributed by atoms with Crippen LogP contribution in [-0.2, 0) is 28.3 Å². The van der Waals surface area contributed by atoms with Crippen LogP contribution < -0.4 is 0 Å². The van der Waals surface area contributed by atoms with Crippen LogP contribution in [0.1, 0.15) is 17.5 Å². The van der Waals surface area contributed by atoms with Gasteiger partial charge < -0.3 is 4.90 Å². The van der Waals surface area contributed by atoms with Gasteiger partial charge in [-0.3, -0.25) is 9.48 Å². The first-order valence-electron chi connectivity index (χ1n) is 8.68. The van der Waals surface area contributed by atoms with Crippen LogP contribution >= 0.6 is 0 Å². The number of carbonyl (C=O) groups excluding carboxylic acids is 1. The molecular weight excluding hydrogens is 352 g/mol. The summed E-state index contributed by atoms with van der Waals surface area (Å²) >= 11 is 0. The van der Waals surface area contributed by atoms with Gasteiger partial charge in [0.2, 0.25) is 15.9 Å². The molecule has 0 N–H and O–H groups in total. The molecule has 0 unspecified atom stereocenters. The molecule has 3 rings (SSSR count). The van der Waals surface area contributed by atoms with Gasteiger partial charge in [0.05, 0.1) is 12.6 Å². The quantitative estimate of drug-likeness (QED) is 0.803. The Bertz CT molecular complexity index is 891. The molecule has 8 heteroatoms. The molecule has 1 saturated heterocycles. The summed E-state index contributed by atoms with van der Waals surface area (Å²) in [6.45, 7) is 3.69. The Balaban J connectivity index is 1.65. The summed E-state index contributed by atoms with van der Waals surface area (Å²) < 4.78 is 28.4. The average molecular weight is 376 g/mol. The zero-order chi connectivity index (χ0) is 18.7. The minimum Gasteiger partial charge on any atom is -0.341 e. The standard InChI is InChI=1S/C18H24N4O3S/c1-15-5-3-6-16(11-15)12-18(23)21-7-4-8-22(10-9-21)26(24,25)17-13-19-20(2)14-17/h3,5-6,11,13-14H,4,7-10,12H2,1-2H3. The van der Waals surface area contributed by atoms with Crippen LogP contribution in [0.3, 0.4) is 0 Å². The smallest absolute Gasteiger partial charge is 0.246 e. The van der Waals surface area contributed by atoms with E-state index in [2.05, 4.69) is 5.10 Å². The lowest BCUT2D eigenvalue weighted by Gasteiger charge is -2.21. The second-order valence-corrected chi connectivity index (χ2v) is 8.59. The molecule has 1 aromatic heterocycles. The Labute approximate surface area is 154 Å². The molecule has 7 nitrogen and oxygen atoms in total. The van der Waals surface area contributed by atoms with Crippen molar-refractivity contribution < 1.29 is 13.2 Å². The summed E-state index contributed by atoms with van der Waals surface area (Å²) in [5, 5.41) is 3.94. The summed E-state index contributed by atoms with van der Waals surface area (Å²) in [5.74, 6) is 0.0382. The van der Waals surface area contributed by atoms with Crippen LogP contribution in [0.5, 0.6) is 0 Å². The van der Waals surface area contributed by atoms with Crippen LogP contribution in [-0.4, -0.2) is 59.5 Å². The van der Waals surface area contributed by atoms with Gasteiger partial charge in [0.15, 0.2) is 0 Å². The SMILES string of the molecule is Cc1cccc(CC(=O)N2CCCN(S(=O)(=O)c3cnn(C)c3)CC2)c1. The minimum atomic E-state index is -3.57. The molecule has 0 saturated carbocycles. The van der Waals surface area contributed by atoms with Crippen molar-refractivity contribution in [1.29, 1.82) is 0 Å². The second kappa shape index (κ2) is 7.59. The van der Waals surface area contributed by atoms with Crippen LogP contribution in [0.25, 0.3) is 0 Å². The minimum absolute atomic E-state index is 0.0382. The van der Waals surface area contributed by atoms with Gasteiger partial charge in [-0.15, -0.1) is 0 Å². The number of aryl methyl sites for hydroxylation is 2. The molecule has 0 radical (unpaired) electrons.